The van der Waals surface area contributed by atoms with Crippen LogP contribution in [0.3, 0.4) is 0 Å². The van der Waals surface area contributed by atoms with Crippen LogP contribution in [0.5, 0.6) is 23.0 Å². The molecular weight excluding hydrogens is 432 g/mol. The van der Waals surface area contributed by atoms with E-state index >= 15 is 0 Å². The molecule has 5 nitrogen and oxygen atoms in total. The monoisotopic (exact) mass is 446 g/mol. The molecule has 0 radical (unpaired) electrons. The first-order valence-corrected chi connectivity index (χ1v) is 8.00. The van der Waals surface area contributed by atoms with Crippen molar-refractivity contribution in [3.8, 4) is 23.0 Å². The number of hydrogen-bond donors (Lipinski definition) is 1. The molecular formula is C16H16Br2O5. The first-order chi connectivity index (χ1) is 10.9. The fourth-order valence-electron chi connectivity index (χ4n) is 1.53. The third-order valence-corrected chi connectivity index (χ3v) is 3.76. The van der Waals surface area contributed by atoms with Crippen LogP contribution in [0.25, 0.3) is 0 Å². The number of ether oxygens (including phenoxy) is 3. The van der Waals surface area contributed by atoms with Crippen molar-refractivity contribution < 1.29 is 24.1 Å². The van der Waals surface area contributed by atoms with Gasteiger partial charge in [-0.15, -0.1) is 0 Å². The summed E-state index contributed by atoms with van der Waals surface area (Å²) in [6, 6.07) is 9.93. The predicted molar refractivity (Wildman–Crippen MR) is 94.4 cm³/mol. The van der Waals surface area contributed by atoms with E-state index in [2.05, 4.69) is 31.9 Å². The number of rotatable bonds is 3. The molecule has 0 aliphatic heterocycles. The minimum atomic E-state index is -0.336. The third-order valence-electron chi connectivity index (χ3n) is 2.52. The van der Waals surface area contributed by atoms with E-state index in [1.807, 2.05) is 0 Å². The Hall–Kier alpha value is -1.73. The summed E-state index contributed by atoms with van der Waals surface area (Å²) in [5.74, 6) is 1.82. The molecule has 0 heterocycles. The molecule has 0 unspecified atom stereocenters. The lowest BCUT2D eigenvalue weighted by Crippen LogP contribution is -2.01. The summed E-state index contributed by atoms with van der Waals surface area (Å²) in [5, 5.41) is 8.95. The molecule has 0 saturated heterocycles. The lowest BCUT2D eigenvalue weighted by atomic mass is 10.3. The number of aromatic hydroxyl groups is 1. The predicted octanol–water partition coefficient (Wildman–Crippen LogP) is 4.55. The van der Waals surface area contributed by atoms with Gasteiger partial charge in [-0.2, -0.15) is 0 Å². The normalized spacial score (nSPS) is 9.43. The molecule has 0 aromatic heterocycles. The van der Waals surface area contributed by atoms with Gasteiger partial charge in [0.25, 0.3) is 0 Å². The second-order valence-electron chi connectivity index (χ2n) is 4.21. The van der Waals surface area contributed by atoms with Gasteiger partial charge >= 0.3 is 5.97 Å². The van der Waals surface area contributed by atoms with Gasteiger partial charge in [0.15, 0.2) is 0 Å². The number of halogens is 2. The molecule has 124 valence electrons. The Morgan fingerprint density at radius 3 is 1.91 bits per heavy atom. The van der Waals surface area contributed by atoms with Gasteiger partial charge in [-0.3, -0.25) is 4.79 Å². The van der Waals surface area contributed by atoms with E-state index in [4.69, 9.17) is 19.3 Å². The fourth-order valence-corrected chi connectivity index (χ4v) is 2.58. The SMILES string of the molecule is COc1ccc(O)cc1Br.COc1ccc(OC(C)=O)cc1Br. The number of benzene rings is 2. The van der Waals surface area contributed by atoms with Gasteiger partial charge in [-0.25, -0.2) is 0 Å². The molecule has 0 fully saturated rings. The van der Waals surface area contributed by atoms with Gasteiger partial charge in [-0.05, 0) is 68.3 Å². The Labute approximate surface area is 151 Å². The van der Waals surface area contributed by atoms with Crippen molar-refractivity contribution in [1.82, 2.24) is 0 Å². The quantitative estimate of drug-likeness (QED) is 0.552. The molecule has 0 spiro atoms. The third kappa shape index (κ3) is 6.50. The zero-order valence-electron chi connectivity index (χ0n) is 12.8. The van der Waals surface area contributed by atoms with E-state index < -0.39 is 0 Å². The molecule has 0 saturated carbocycles. The molecule has 23 heavy (non-hydrogen) atoms. The van der Waals surface area contributed by atoms with Gasteiger partial charge in [0.1, 0.15) is 23.0 Å². The number of hydrogen-bond acceptors (Lipinski definition) is 5. The summed E-state index contributed by atoms with van der Waals surface area (Å²) >= 11 is 6.50. The molecule has 2 rings (SSSR count). The van der Waals surface area contributed by atoms with Crippen molar-refractivity contribution in [3.63, 3.8) is 0 Å². The van der Waals surface area contributed by atoms with Crippen molar-refractivity contribution in [1.29, 1.82) is 0 Å². The summed E-state index contributed by atoms with van der Waals surface area (Å²) < 4.78 is 16.3. The van der Waals surface area contributed by atoms with Crippen molar-refractivity contribution in [2.45, 2.75) is 6.92 Å². The Morgan fingerprint density at radius 1 is 0.957 bits per heavy atom. The first kappa shape index (κ1) is 19.3. The molecule has 2 aromatic rings. The van der Waals surface area contributed by atoms with Gasteiger partial charge in [0.2, 0.25) is 0 Å². The van der Waals surface area contributed by atoms with Crippen molar-refractivity contribution in [3.05, 3.63) is 45.3 Å². The average molecular weight is 448 g/mol. The van der Waals surface area contributed by atoms with Crippen LogP contribution >= 0.6 is 31.9 Å². The first-order valence-electron chi connectivity index (χ1n) is 6.41. The number of carbonyl (C=O) groups excluding carboxylic acids is 1. The number of methoxy groups -OCH3 is 2. The molecule has 0 aliphatic rings. The van der Waals surface area contributed by atoms with Crippen LogP contribution in [-0.4, -0.2) is 25.3 Å². The Balaban J connectivity index is 0.000000238. The second-order valence-corrected chi connectivity index (χ2v) is 5.92. The Bertz CT molecular complexity index is 674. The average Bonchev–Trinajstić information content (AvgIpc) is 2.47. The van der Waals surface area contributed by atoms with E-state index in [0.717, 1.165) is 14.7 Å². The van der Waals surface area contributed by atoms with Crippen molar-refractivity contribution in [2.75, 3.05) is 14.2 Å². The van der Waals surface area contributed by atoms with Gasteiger partial charge in [0, 0.05) is 6.92 Å². The lowest BCUT2D eigenvalue weighted by molar-refractivity contribution is -0.131. The van der Waals surface area contributed by atoms with Crippen LogP contribution < -0.4 is 14.2 Å². The Kier molecular flexibility index (Phi) is 7.91. The van der Waals surface area contributed by atoms with Crippen LogP contribution in [0.1, 0.15) is 6.92 Å². The van der Waals surface area contributed by atoms with E-state index in [-0.39, 0.29) is 11.7 Å². The highest BCUT2D eigenvalue weighted by Gasteiger charge is 2.03. The highest BCUT2D eigenvalue weighted by molar-refractivity contribution is 9.10. The number of carbonyl (C=O) groups is 1. The second kappa shape index (κ2) is 9.42. The van der Waals surface area contributed by atoms with E-state index in [9.17, 15) is 4.79 Å². The smallest absolute Gasteiger partial charge is 0.308 e. The van der Waals surface area contributed by atoms with Crippen LogP contribution in [0.2, 0.25) is 0 Å². The highest BCUT2D eigenvalue weighted by atomic mass is 79.9. The molecule has 7 heteroatoms. The van der Waals surface area contributed by atoms with E-state index in [0.29, 0.717) is 11.5 Å². The molecule has 1 N–H and O–H groups in total. The summed E-state index contributed by atoms with van der Waals surface area (Å²) in [6.45, 7) is 1.36. The molecule has 0 aliphatic carbocycles. The summed E-state index contributed by atoms with van der Waals surface area (Å²) in [6.07, 6.45) is 0. The van der Waals surface area contributed by atoms with E-state index in [1.54, 1.807) is 50.6 Å². The van der Waals surface area contributed by atoms with Crippen molar-refractivity contribution in [2.24, 2.45) is 0 Å². The number of phenolic OH excluding ortho intramolecular Hbond substituents is 1. The number of esters is 1. The minimum absolute atomic E-state index is 0.229. The standard InChI is InChI=1S/C9H9BrO3.C7H7BrO2/c1-6(11)13-7-3-4-9(12-2)8(10)5-7;1-10-7-3-2-5(9)4-6(7)8/h3-5H,1-2H3;2-4,9H,1H3. The zero-order chi connectivity index (χ0) is 17.4. The van der Waals surface area contributed by atoms with Crippen LogP contribution in [0, 0.1) is 0 Å². The molecule has 2 aromatic carbocycles. The van der Waals surface area contributed by atoms with Crippen molar-refractivity contribution >= 4 is 37.8 Å². The van der Waals surface area contributed by atoms with Gasteiger partial charge in [-0.1, -0.05) is 0 Å². The van der Waals surface area contributed by atoms with E-state index in [1.165, 1.54) is 6.92 Å². The van der Waals surface area contributed by atoms with Crippen LogP contribution in [-0.2, 0) is 4.79 Å². The summed E-state index contributed by atoms with van der Waals surface area (Å²) in [7, 11) is 3.16. The van der Waals surface area contributed by atoms with Crippen LogP contribution in [0.4, 0.5) is 0 Å². The highest BCUT2D eigenvalue weighted by Crippen LogP contribution is 2.29. The zero-order valence-corrected chi connectivity index (χ0v) is 16.0. The van der Waals surface area contributed by atoms with Gasteiger partial charge in [0.05, 0.1) is 23.2 Å². The maximum Gasteiger partial charge on any atom is 0.308 e. The largest absolute Gasteiger partial charge is 0.508 e. The maximum atomic E-state index is 10.6. The summed E-state index contributed by atoms with van der Waals surface area (Å²) in [4.78, 5) is 10.6. The topological polar surface area (TPSA) is 65.0 Å². The minimum Gasteiger partial charge on any atom is -0.508 e. The van der Waals surface area contributed by atoms with Crippen LogP contribution in [0.15, 0.2) is 45.3 Å². The lowest BCUT2D eigenvalue weighted by Gasteiger charge is -2.05. The molecule has 0 atom stereocenters. The molecule has 0 amide bonds. The fraction of sp³-hybridized carbons (Fsp3) is 0.188. The van der Waals surface area contributed by atoms with Gasteiger partial charge < -0.3 is 19.3 Å². The maximum absolute atomic E-state index is 10.6. The summed E-state index contributed by atoms with van der Waals surface area (Å²) in [5.41, 5.74) is 0. The molecule has 0 bridgehead atoms. The number of phenols is 1. The Morgan fingerprint density at radius 2 is 1.48 bits per heavy atom.